The summed E-state index contributed by atoms with van der Waals surface area (Å²) in [4.78, 5) is 33.1. The minimum atomic E-state index is -0.464. The van der Waals surface area contributed by atoms with Gasteiger partial charge in [0.05, 0.1) is 18.1 Å². The van der Waals surface area contributed by atoms with E-state index in [4.69, 9.17) is 16.3 Å². The molecule has 0 radical (unpaired) electrons. The third-order valence-corrected chi connectivity index (χ3v) is 6.22. The Bertz CT molecular complexity index is 938. The quantitative estimate of drug-likeness (QED) is 0.717. The third kappa shape index (κ3) is 5.37. The SMILES string of the molecule is O=C(NCC1CCCO1)c1ccc(N2CCN(C(=O)Cc3c(F)cccc3Cl)CC2)nc1. The number of nitrogens with one attached hydrogen (secondary N) is 1. The zero-order chi connectivity index (χ0) is 22.5. The highest BCUT2D eigenvalue weighted by atomic mass is 35.5. The molecule has 0 aliphatic carbocycles. The van der Waals surface area contributed by atoms with Gasteiger partial charge in [0, 0.05) is 56.1 Å². The number of halogens is 2. The highest BCUT2D eigenvalue weighted by Gasteiger charge is 2.24. The fourth-order valence-electron chi connectivity index (χ4n) is 3.97. The van der Waals surface area contributed by atoms with Crippen LogP contribution in [0.2, 0.25) is 5.02 Å². The van der Waals surface area contributed by atoms with Crippen molar-refractivity contribution >= 4 is 29.2 Å². The van der Waals surface area contributed by atoms with Crippen molar-refractivity contribution in [3.63, 3.8) is 0 Å². The van der Waals surface area contributed by atoms with Gasteiger partial charge in [-0.05, 0) is 37.1 Å². The van der Waals surface area contributed by atoms with Crippen LogP contribution < -0.4 is 10.2 Å². The van der Waals surface area contributed by atoms with Crippen molar-refractivity contribution in [3.05, 3.63) is 58.5 Å². The van der Waals surface area contributed by atoms with Gasteiger partial charge in [-0.25, -0.2) is 9.37 Å². The molecule has 4 rings (SSSR count). The molecular weight excluding hydrogens is 435 g/mol. The second-order valence-electron chi connectivity index (χ2n) is 7.99. The topological polar surface area (TPSA) is 74.8 Å². The number of hydrogen-bond donors (Lipinski definition) is 1. The Morgan fingerprint density at radius 2 is 2.00 bits per heavy atom. The molecule has 32 heavy (non-hydrogen) atoms. The fraction of sp³-hybridized carbons (Fsp3) is 0.435. The van der Waals surface area contributed by atoms with Crippen LogP contribution in [0.25, 0.3) is 0 Å². The molecule has 1 aromatic carbocycles. The van der Waals surface area contributed by atoms with Crippen molar-refractivity contribution in [1.82, 2.24) is 15.2 Å². The Labute approximate surface area is 191 Å². The number of ether oxygens (including phenoxy) is 1. The van der Waals surface area contributed by atoms with Crippen LogP contribution in [0.1, 0.15) is 28.8 Å². The van der Waals surface area contributed by atoms with Gasteiger partial charge in [0.15, 0.2) is 0 Å². The zero-order valence-corrected chi connectivity index (χ0v) is 18.5. The smallest absolute Gasteiger partial charge is 0.252 e. The second kappa shape index (κ2) is 10.3. The predicted molar refractivity (Wildman–Crippen MR) is 119 cm³/mol. The normalized spacial score (nSPS) is 18.6. The van der Waals surface area contributed by atoms with E-state index in [2.05, 4.69) is 15.2 Å². The highest BCUT2D eigenvalue weighted by Crippen LogP contribution is 2.21. The van der Waals surface area contributed by atoms with Crippen LogP contribution in [0.3, 0.4) is 0 Å². The number of carbonyl (C=O) groups excluding carboxylic acids is 2. The van der Waals surface area contributed by atoms with Gasteiger partial charge in [0.25, 0.3) is 5.91 Å². The standard InChI is InChI=1S/C23H26ClFN4O3/c24-19-4-1-5-20(25)18(19)13-22(30)29-10-8-28(9-11-29)21-7-6-16(14-26-21)23(31)27-15-17-3-2-12-32-17/h1,4-7,14,17H,2-3,8-13,15H2,(H,27,31). The van der Waals surface area contributed by atoms with Gasteiger partial charge in [-0.3, -0.25) is 9.59 Å². The van der Waals surface area contributed by atoms with Crippen LogP contribution in [0, 0.1) is 5.82 Å². The molecule has 1 N–H and O–H groups in total. The van der Waals surface area contributed by atoms with Gasteiger partial charge in [-0.15, -0.1) is 0 Å². The predicted octanol–water partition coefficient (Wildman–Crippen LogP) is 2.67. The summed E-state index contributed by atoms with van der Waals surface area (Å²) in [6, 6.07) is 7.99. The van der Waals surface area contributed by atoms with E-state index in [-0.39, 0.29) is 34.9 Å². The molecule has 2 aromatic rings. The molecule has 2 fully saturated rings. The maximum atomic E-state index is 14.0. The van der Waals surface area contributed by atoms with Gasteiger partial charge >= 0.3 is 0 Å². The Morgan fingerprint density at radius 3 is 2.66 bits per heavy atom. The van der Waals surface area contributed by atoms with Crippen molar-refractivity contribution < 1.29 is 18.7 Å². The first-order chi connectivity index (χ1) is 15.5. The molecule has 2 amide bonds. The van der Waals surface area contributed by atoms with E-state index >= 15 is 0 Å². The molecule has 170 valence electrons. The van der Waals surface area contributed by atoms with Crippen molar-refractivity contribution in [2.45, 2.75) is 25.4 Å². The molecule has 0 spiro atoms. The first-order valence-electron chi connectivity index (χ1n) is 10.8. The molecule has 3 heterocycles. The molecule has 2 saturated heterocycles. The summed E-state index contributed by atoms with van der Waals surface area (Å²) in [5.74, 6) is -0.0249. The molecule has 1 aromatic heterocycles. The molecule has 7 nitrogen and oxygen atoms in total. The summed E-state index contributed by atoms with van der Waals surface area (Å²) in [5, 5.41) is 3.15. The molecule has 2 aliphatic heterocycles. The lowest BCUT2D eigenvalue weighted by molar-refractivity contribution is -0.130. The number of carbonyl (C=O) groups is 2. The van der Waals surface area contributed by atoms with Gasteiger partial charge in [0.1, 0.15) is 11.6 Å². The lowest BCUT2D eigenvalue weighted by Gasteiger charge is -2.35. The van der Waals surface area contributed by atoms with Crippen molar-refractivity contribution in [2.24, 2.45) is 0 Å². The minimum absolute atomic E-state index is 0.0561. The van der Waals surface area contributed by atoms with Gasteiger partial charge < -0.3 is 19.9 Å². The first kappa shape index (κ1) is 22.5. The number of aromatic nitrogens is 1. The fourth-order valence-corrected chi connectivity index (χ4v) is 4.20. The molecule has 9 heteroatoms. The number of hydrogen-bond acceptors (Lipinski definition) is 5. The molecule has 1 unspecified atom stereocenters. The Morgan fingerprint density at radius 1 is 1.19 bits per heavy atom. The Hall–Kier alpha value is -2.71. The summed E-state index contributed by atoms with van der Waals surface area (Å²) in [6.45, 7) is 3.50. The summed E-state index contributed by atoms with van der Waals surface area (Å²) in [7, 11) is 0. The number of amides is 2. The van der Waals surface area contributed by atoms with E-state index in [0.29, 0.717) is 38.3 Å². The van der Waals surface area contributed by atoms with Crippen LogP contribution >= 0.6 is 11.6 Å². The number of piperazine rings is 1. The molecule has 0 saturated carbocycles. The van der Waals surface area contributed by atoms with Gasteiger partial charge in [-0.2, -0.15) is 0 Å². The second-order valence-corrected chi connectivity index (χ2v) is 8.40. The number of anilines is 1. The van der Waals surface area contributed by atoms with Crippen LogP contribution in [-0.4, -0.2) is 67.1 Å². The Balaban J connectivity index is 1.27. The zero-order valence-electron chi connectivity index (χ0n) is 17.7. The number of rotatable bonds is 6. The number of benzene rings is 1. The van der Waals surface area contributed by atoms with Crippen molar-refractivity contribution in [2.75, 3.05) is 44.2 Å². The van der Waals surface area contributed by atoms with Crippen molar-refractivity contribution in [1.29, 1.82) is 0 Å². The summed E-state index contributed by atoms with van der Waals surface area (Å²) in [5.41, 5.74) is 0.735. The molecule has 0 bridgehead atoms. The van der Waals surface area contributed by atoms with Crippen LogP contribution in [0.4, 0.5) is 10.2 Å². The summed E-state index contributed by atoms with van der Waals surface area (Å²) >= 11 is 6.04. The van der Waals surface area contributed by atoms with E-state index in [0.717, 1.165) is 25.3 Å². The number of nitrogens with zero attached hydrogens (tertiary/aromatic N) is 3. The lowest BCUT2D eigenvalue weighted by Crippen LogP contribution is -2.49. The van der Waals surface area contributed by atoms with Gasteiger partial charge in [0.2, 0.25) is 5.91 Å². The first-order valence-corrected chi connectivity index (χ1v) is 11.2. The average molecular weight is 461 g/mol. The summed E-state index contributed by atoms with van der Waals surface area (Å²) in [6.07, 6.45) is 3.61. The van der Waals surface area contributed by atoms with E-state index in [1.165, 1.54) is 12.1 Å². The Kier molecular flexibility index (Phi) is 7.22. The van der Waals surface area contributed by atoms with Crippen molar-refractivity contribution in [3.8, 4) is 0 Å². The highest BCUT2D eigenvalue weighted by molar-refractivity contribution is 6.31. The molecular formula is C23H26ClFN4O3. The van der Waals surface area contributed by atoms with Crippen LogP contribution in [0.15, 0.2) is 36.5 Å². The van der Waals surface area contributed by atoms with E-state index in [1.807, 2.05) is 6.07 Å². The van der Waals surface area contributed by atoms with Gasteiger partial charge in [-0.1, -0.05) is 17.7 Å². The van der Waals surface area contributed by atoms with Crippen LogP contribution in [-0.2, 0) is 16.0 Å². The van der Waals surface area contributed by atoms with Crippen LogP contribution in [0.5, 0.6) is 0 Å². The summed E-state index contributed by atoms with van der Waals surface area (Å²) < 4.78 is 19.5. The van der Waals surface area contributed by atoms with E-state index in [9.17, 15) is 14.0 Å². The molecule has 1 atom stereocenters. The maximum absolute atomic E-state index is 14.0. The van der Waals surface area contributed by atoms with E-state index in [1.54, 1.807) is 23.2 Å². The maximum Gasteiger partial charge on any atom is 0.252 e. The number of pyridine rings is 1. The monoisotopic (exact) mass is 460 g/mol. The average Bonchev–Trinajstić information content (AvgIpc) is 3.34. The lowest BCUT2D eigenvalue weighted by atomic mass is 10.1. The van der Waals surface area contributed by atoms with E-state index < -0.39 is 5.82 Å². The minimum Gasteiger partial charge on any atom is -0.376 e. The third-order valence-electron chi connectivity index (χ3n) is 5.87. The molecule has 2 aliphatic rings. The largest absolute Gasteiger partial charge is 0.376 e.